The molecule has 0 fully saturated rings. The molecule has 0 heterocycles. The van der Waals surface area contributed by atoms with Crippen LogP contribution in [0.4, 0.5) is 0 Å². The smallest absolute Gasteiger partial charge is 0.857 e. The van der Waals surface area contributed by atoms with Gasteiger partial charge >= 0.3 is 376 Å². The summed E-state index contributed by atoms with van der Waals surface area (Å²) in [6.07, 6.45) is 0. The predicted octanol–water partition coefficient (Wildman–Crippen LogP) is 4.73. The van der Waals surface area contributed by atoms with E-state index in [0.29, 0.717) is 0 Å². The molecule has 0 rings (SSSR count). The maximum absolute atomic E-state index is 8.25. The zero-order chi connectivity index (χ0) is 10.0. The zero-order valence-electron chi connectivity index (χ0n) is 47.9. The van der Waals surface area contributed by atoms with Gasteiger partial charge in [0, 0.05) is 246 Å². The summed E-state index contributed by atoms with van der Waals surface area (Å²) in [5, 5.41) is 40.0. The summed E-state index contributed by atoms with van der Waals surface area (Å²) in [6, 6.07) is 0. The second kappa shape index (κ2) is 2520. The molecule has 0 atom stereocenters. The molecule has 0 saturated carbocycles. The van der Waals surface area contributed by atoms with Gasteiger partial charge in [-0.05, 0) is 0 Å². The van der Waals surface area contributed by atoms with E-state index in [4.69, 9.17) is 25.5 Å². The van der Waals surface area contributed by atoms with Crippen molar-refractivity contribution < 1.29 is 662 Å². The average Bonchev–Trinajstić information content (AvgIpc) is 2.20. The molecule has 0 aliphatic carbocycles. The third-order valence-corrected chi connectivity index (χ3v) is 0. The van der Waals surface area contributed by atoms with Gasteiger partial charge in [-0.25, -0.2) is 0 Å². The molecule has 694 valence electrons. The fraction of sp³-hybridized carbons (Fsp3) is 0.152. The fourth-order valence-corrected chi connectivity index (χ4v) is 0. The van der Waals surface area contributed by atoms with Gasteiger partial charge in [-0.3, -0.25) is 0 Å². The van der Waals surface area contributed by atoms with Gasteiger partial charge in [-0.1, -0.05) is 0 Å². The summed E-state index contributed by atoms with van der Waals surface area (Å²) < 4.78 is 0. The van der Waals surface area contributed by atoms with E-state index in [-0.39, 0.29) is 844 Å². The molecule has 20 radical (unpaired) electrons. The molecule has 0 bridgehead atoms. The van der Waals surface area contributed by atoms with Crippen LogP contribution in [0.5, 0.6) is 0 Å². The van der Waals surface area contributed by atoms with Gasteiger partial charge in [0.25, 0.3) is 0 Å². The molecular formula is C33H108Cu36O9-4. The molecule has 0 aromatic carbocycles. The summed E-state index contributed by atoms with van der Waals surface area (Å²) in [5.74, 6) is 0. The summed E-state index contributed by atoms with van der Waals surface area (Å²) in [4.78, 5) is 0. The van der Waals surface area contributed by atoms with Gasteiger partial charge in [0.05, 0.1) is 0 Å². The number of rotatable bonds is 0. The van der Waals surface area contributed by atoms with Crippen LogP contribution in [0.2, 0.25) is 0 Å². The Labute approximate surface area is 888 Å². The van der Waals surface area contributed by atoms with Crippen molar-refractivity contribution in [3.8, 4) is 0 Å². The Bertz CT molecular complexity index is 109. The largest absolute Gasteiger partial charge is 2.00 e. The standard InChI is InChI=1S/CH4O.4CH3O.28CH3.36Cu.4H2O/c5*1-2;;;;;;;;;;;;;;;;;;;;;;;;;;;;;;;;;;;;;;;;;;;;;;;;;;;;;;;;;;;;;;;;;;;;/h2H,1H3;4*1H3;28*1H3;;;;;;;;;;;;;;;;;;;;;;;;;;;;;;;;;;;;;4*1H2/q;32*-1;;;;;;;;;;;;;;;16*+1;6*+2;;;;. The zero-order valence-corrected chi connectivity index (χ0v) is 81.8. The van der Waals surface area contributed by atoms with Crippen molar-refractivity contribution in [2.24, 2.45) is 0 Å². The first-order chi connectivity index (χ1) is 5.00. The molecule has 78 heavy (non-hydrogen) atoms. The SMILES string of the molecule is CO.C[O-].C[O-].C[O-].C[O-].O.O.O.O.[CH3-].[CH3-].[CH3-].[CH3-].[CH3-].[CH3-].[CH3-].[CH3-].[CH3-].[CH3-].[CH3-].[CH3-].[CH3-].[CH3-].[CH3-].[CH3-].[CH3-].[CH3-].[CH3-].[CH3-].[CH3-].[CH3-].[CH3-].[CH3-].[CH3-].[CH3-].[CH3-].[CH3-].[Cu+2].[Cu+2].[Cu+2].[Cu+2].[Cu+2].[Cu+2].[Cu+].[Cu+].[Cu+].[Cu+].[Cu+].[Cu+].[Cu+].[Cu+].[Cu+].[Cu+].[Cu+].[Cu+].[Cu+].[Cu+].[Cu+].[Cu+].[Cu].[Cu].[Cu].[Cu].[Cu].[Cu].[Cu].[Cu].[Cu].[Cu].[Cu].[Cu].[Cu].[Cu]. The van der Waals surface area contributed by atoms with Crippen LogP contribution in [0.1, 0.15) is 0 Å². The quantitative estimate of drug-likeness (QED) is 0.267. The fourth-order valence-electron chi connectivity index (χ4n) is 0. The van der Waals surface area contributed by atoms with Crippen LogP contribution in [0.3, 0.4) is 0 Å². The Kier molecular flexibility index (Phi) is 52000. The van der Waals surface area contributed by atoms with Gasteiger partial charge in [-0.2, -0.15) is 28.4 Å². The summed E-state index contributed by atoms with van der Waals surface area (Å²) >= 11 is 0. The van der Waals surface area contributed by atoms with Crippen molar-refractivity contribution in [2.75, 3.05) is 35.5 Å². The summed E-state index contributed by atoms with van der Waals surface area (Å²) in [5.41, 5.74) is 0. The molecule has 0 spiro atoms. The molecule has 0 unspecified atom stereocenters. The predicted molar refractivity (Wildman–Crippen MR) is 226 cm³/mol. The average molecular weight is 2940 g/mol. The first-order valence-corrected chi connectivity index (χ1v) is 2.08. The number of hydrogen-bond acceptors (Lipinski definition) is 5. The molecule has 9 nitrogen and oxygen atoms in total. The molecule has 0 aliphatic heterocycles. The van der Waals surface area contributed by atoms with Crippen LogP contribution in [-0.2, 0) is 614 Å². The Morgan fingerprint density at radius 3 is 0.128 bits per heavy atom. The Morgan fingerprint density at radius 2 is 0.128 bits per heavy atom. The second-order valence-corrected chi connectivity index (χ2v) is 0. The third kappa shape index (κ3) is 2440. The minimum Gasteiger partial charge on any atom is -0.857 e. The molecule has 0 aliphatic rings. The van der Waals surface area contributed by atoms with Gasteiger partial charge in [0.15, 0.2) is 0 Å². The maximum atomic E-state index is 8.25. The van der Waals surface area contributed by atoms with E-state index < -0.39 is 0 Å². The maximum Gasteiger partial charge on any atom is 2.00 e. The van der Waals surface area contributed by atoms with Gasteiger partial charge in [0.1, 0.15) is 0 Å². The summed E-state index contributed by atoms with van der Waals surface area (Å²) in [6.45, 7) is 0. The van der Waals surface area contributed by atoms with Crippen molar-refractivity contribution in [3.63, 3.8) is 0 Å². The number of aliphatic hydroxyl groups excluding tert-OH is 1. The van der Waals surface area contributed by atoms with Crippen LogP contribution in [0.15, 0.2) is 0 Å². The van der Waals surface area contributed by atoms with E-state index in [1.165, 1.54) is 0 Å². The second-order valence-electron chi connectivity index (χ2n) is 0. The number of aliphatic hydroxyl groups is 1. The van der Waals surface area contributed by atoms with Crippen LogP contribution < -0.4 is 20.4 Å². The monoisotopic (exact) mass is 2910 g/mol. The van der Waals surface area contributed by atoms with Gasteiger partial charge in [-0.15, -0.1) is 0 Å². The van der Waals surface area contributed by atoms with Crippen LogP contribution in [0, 0.1) is 208 Å². The van der Waals surface area contributed by atoms with E-state index in [1.54, 1.807) is 0 Å². The normalized spacial score (nSPS) is 0.385. The van der Waals surface area contributed by atoms with Crippen molar-refractivity contribution in [2.45, 2.75) is 0 Å². The molecule has 0 aromatic heterocycles. The first kappa shape index (κ1) is 1610. The number of hydrogen-bond donors (Lipinski definition) is 1. The molecule has 45 heteroatoms. The van der Waals surface area contributed by atoms with Crippen LogP contribution in [-0.4, -0.2) is 62.6 Å². The Hall–Kier alpha value is 18.3. The minimum atomic E-state index is 0. The van der Waals surface area contributed by atoms with E-state index in [2.05, 4.69) is 0 Å². The molecule has 0 amide bonds. The van der Waals surface area contributed by atoms with Crippen molar-refractivity contribution in [1.82, 2.24) is 0 Å². The third-order valence-electron chi connectivity index (χ3n) is 0. The van der Waals surface area contributed by atoms with Crippen molar-refractivity contribution >= 4 is 0 Å². The van der Waals surface area contributed by atoms with E-state index in [9.17, 15) is 0 Å². The van der Waals surface area contributed by atoms with E-state index >= 15 is 0 Å². The molecular weight excluding hydrogens is 2830 g/mol. The van der Waals surface area contributed by atoms with Crippen LogP contribution >= 0.6 is 0 Å². The minimum absolute atomic E-state index is 0. The van der Waals surface area contributed by atoms with Crippen LogP contribution in [0.25, 0.3) is 0 Å². The van der Waals surface area contributed by atoms with E-state index in [0.717, 1.165) is 35.5 Å². The topological polar surface area (TPSA) is 238 Å². The first-order valence-electron chi connectivity index (χ1n) is 2.08. The summed E-state index contributed by atoms with van der Waals surface area (Å²) in [7, 11) is 4.00. The molecule has 0 aromatic rings. The molecule has 0 saturated heterocycles. The molecule has 9 N–H and O–H groups in total. The van der Waals surface area contributed by atoms with Gasteiger partial charge < -0.3 is 255 Å². The van der Waals surface area contributed by atoms with E-state index in [1.807, 2.05) is 0 Å². The Morgan fingerprint density at radius 1 is 0.128 bits per heavy atom. The van der Waals surface area contributed by atoms with Gasteiger partial charge in [0.2, 0.25) is 0 Å². The van der Waals surface area contributed by atoms with Crippen molar-refractivity contribution in [3.05, 3.63) is 208 Å². The van der Waals surface area contributed by atoms with Crippen molar-refractivity contribution in [1.29, 1.82) is 0 Å². The Balaban J connectivity index is -0.0000000000463.